The molecule has 2 aromatic carbocycles. The summed E-state index contributed by atoms with van der Waals surface area (Å²) in [6, 6.07) is 11.7. The Bertz CT molecular complexity index is 1100. The summed E-state index contributed by atoms with van der Waals surface area (Å²) in [4.78, 5) is 24.8. The summed E-state index contributed by atoms with van der Waals surface area (Å²) >= 11 is 0. The van der Waals surface area contributed by atoms with E-state index in [4.69, 9.17) is 9.15 Å². The van der Waals surface area contributed by atoms with E-state index in [1.807, 2.05) is 19.9 Å². The lowest BCUT2D eigenvalue weighted by molar-refractivity contribution is 0.0469. The topological polar surface area (TPSA) is 73.6 Å². The Hall–Kier alpha value is -2.73. The van der Waals surface area contributed by atoms with Crippen LogP contribution in [0, 0.1) is 13.8 Å². The van der Waals surface area contributed by atoms with Crippen LogP contribution in [0.25, 0.3) is 11.0 Å². The molecule has 0 bridgehead atoms. The van der Waals surface area contributed by atoms with Gasteiger partial charge in [-0.3, -0.25) is 4.21 Å². The van der Waals surface area contributed by atoms with E-state index in [0.717, 1.165) is 16.5 Å². The smallest absolute Gasteiger partial charge is 0.339 e. The number of benzene rings is 2. The third-order valence-corrected chi connectivity index (χ3v) is 5.79. The van der Waals surface area contributed by atoms with Crippen LogP contribution in [0.3, 0.4) is 0 Å². The minimum Gasteiger partial charge on any atom is -0.457 e. The molecule has 1 atom stereocenters. The van der Waals surface area contributed by atoms with Gasteiger partial charge in [0.1, 0.15) is 12.2 Å². The highest BCUT2D eigenvalue weighted by atomic mass is 32.2. The predicted molar refractivity (Wildman–Crippen MR) is 104 cm³/mol. The van der Waals surface area contributed by atoms with Crippen molar-refractivity contribution in [2.75, 3.05) is 5.75 Å². The molecule has 0 saturated carbocycles. The van der Waals surface area contributed by atoms with E-state index in [1.165, 1.54) is 6.07 Å². The lowest BCUT2D eigenvalue weighted by atomic mass is 10.0. The molecule has 6 heteroatoms. The molecule has 0 spiro atoms. The quantitative estimate of drug-likeness (QED) is 0.493. The number of carbonyl (C=O) groups is 1. The largest absolute Gasteiger partial charge is 0.457 e. The average Bonchev–Trinajstić information content (AvgIpc) is 2.66. The van der Waals surface area contributed by atoms with Crippen molar-refractivity contribution in [1.29, 1.82) is 0 Å². The molecule has 1 heterocycles. The van der Waals surface area contributed by atoms with E-state index >= 15 is 0 Å². The summed E-state index contributed by atoms with van der Waals surface area (Å²) in [5, 5.41) is 0.732. The van der Waals surface area contributed by atoms with Gasteiger partial charge in [0.25, 0.3) is 0 Å². The first-order valence-corrected chi connectivity index (χ1v) is 9.91. The van der Waals surface area contributed by atoms with Crippen LogP contribution in [0.5, 0.6) is 0 Å². The molecule has 3 aromatic rings. The number of aryl methyl sites for hydroxylation is 2. The highest BCUT2D eigenvalue weighted by Crippen LogP contribution is 2.23. The van der Waals surface area contributed by atoms with Crippen molar-refractivity contribution in [3.8, 4) is 0 Å². The monoisotopic (exact) mass is 384 g/mol. The van der Waals surface area contributed by atoms with Crippen LogP contribution in [0.4, 0.5) is 0 Å². The number of hydrogen-bond acceptors (Lipinski definition) is 5. The molecule has 0 N–H and O–H groups in total. The maximum atomic E-state index is 12.5. The van der Waals surface area contributed by atoms with Gasteiger partial charge in [-0.25, -0.2) is 9.59 Å². The first-order chi connectivity index (χ1) is 12.9. The number of rotatable bonds is 5. The highest BCUT2D eigenvalue weighted by Gasteiger charge is 2.17. The van der Waals surface area contributed by atoms with Gasteiger partial charge in [-0.2, -0.15) is 0 Å². The fourth-order valence-electron chi connectivity index (χ4n) is 2.81. The molecule has 0 aliphatic carbocycles. The first-order valence-electron chi connectivity index (χ1n) is 8.59. The second-order valence-corrected chi connectivity index (χ2v) is 7.94. The molecule has 0 fully saturated rings. The Balaban J connectivity index is 1.92. The van der Waals surface area contributed by atoms with Crippen LogP contribution in [-0.2, 0) is 22.1 Å². The van der Waals surface area contributed by atoms with Crippen LogP contribution in [0.15, 0.2) is 56.6 Å². The first kappa shape index (κ1) is 19.0. The maximum absolute atomic E-state index is 12.5. The second-order valence-electron chi connectivity index (χ2n) is 6.23. The van der Waals surface area contributed by atoms with Crippen molar-refractivity contribution in [3.05, 3.63) is 75.1 Å². The van der Waals surface area contributed by atoms with Crippen molar-refractivity contribution >= 4 is 27.7 Å². The van der Waals surface area contributed by atoms with Gasteiger partial charge in [0.2, 0.25) is 0 Å². The third-order valence-electron chi connectivity index (χ3n) is 4.42. The van der Waals surface area contributed by atoms with Crippen molar-refractivity contribution in [3.63, 3.8) is 0 Å². The average molecular weight is 384 g/mol. The molecule has 0 aliphatic heterocycles. The molecular formula is C21H20O5S. The Kier molecular flexibility index (Phi) is 5.56. The molecule has 5 nitrogen and oxygen atoms in total. The SMILES string of the molecule is CC[S@](=O)c1ccccc1C(=O)OCc1cc(=O)oc2cc(C)c(C)cc12. The third kappa shape index (κ3) is 4.01. The summed E-state index contributed by atoms with van der Waals surface area (Å²) in [5.41, 5.74) is 2.88. The van der Waals surface area contributed by atoms with Crippen LogP contribution in [0.2, 0.25) is 0 Å². The summed E-state index contributed by atoms with van der Waals surface area (Å²) in [6.45, 7) is 5.62. The van der Waals surface area contributed by atoms with E-state index in [9.17, 15) is 13.8 Å². The van der Waals surface area contributed by atoms with Crippen LogP contribution in [0.1, 0.15) is 34.0 Å². The van der Waals surface area contributed by atoms with Crippen LogP contribution >= 0.6 is 0 Å². The van der Waals surface area contributed by atoms with Crippen molar-refractivity contribution in [2.45, 2.75) is 32.3 Å². The number of fused-ring (bicyclic) bond motifs is 1. The molecule has 27 heavy (non-hydrogen) atoms. The number of esters is 1. The summed E-state index contributed by atoms with van der Waals surface area (Å²) < 4.78 is 22.8. The predicted octanol–water partition coefficient (Wildman–Crippen LogP) is 3.89. The van der Waals surface area contributed by atoms with E-state index in [2.05, 4.69) is 0 Å². The van der Waals surface area contributed by atoms with Gasteiger partial charge in [0.05, 0.1) is 21.3 Å². The Labute approximate surface area is 159 Å². The molecule has 3 rings (SSSR count). The van der Waals surface area contributed by atoms with Gasteiger partial charge in [-0.05, 0) is 49.2 Å². The fraction of sp³-hybridized carbons (Fsp3) is 0.238. The number of ether oxygens (including phenoxy) is 1. The lowest BCUT2D eigenvalue weighted by Crippen LogP contribution is -2.11. The van der Waals surface area contributed by atoms with Crippen molar-refractivity contribution in [1.82, 2.24) is 0 Å². The van der Waals surface area contributed by atoms with E-state index in [-0.39, 0.29) is 12.2 Å². The summed E-state index contributed by atoms with van der Waals surface area (Å²) in [5.74, 6) is -0.162. The Morgan fingerprint density at radius 2 is 1.81 bits per heavy atom. The lowest BCUT2D eigenvalue weighted by Gasteiger charge is -2.11. The second kappa shape index (κ2) is 7.88. The highest BCUT2D eigenvalue weighted by molar-refractivity contribution is 7.85. The zero-order valence-electron chi connectivity index (χ0n) is 15.4. The molecule has 0 amide bonds. The summed E-state index contributed by atoms with van der Waals surface area (Å²) in [7, 11) is -1.27. The van der Waals surface area contributed by atoms with E-state index in [0.29, 0.717) is 21.8 Å². The molecule has 0 aliphatic rings. The van der Waals surface area contributed by atoms with Gasteiger partial charge in [0.15, 0.2) is 0 Å². The Morgan fingerprint density at radius 3 is 2.56 bits per heavy atom. The molecular weight excluding hydrogens is 364 g/mol. The van der Waals surface area contributed by atoms with Crippen LogP contribution in [-0.4, -0.2) is 15.9 Å². The number of hydrogen-bond donors (Lipinski definition) is 0. The van der Waals surface area contributed by atoms with E-state index in [1.54, 1.807) is 37.3 Å². The Morgan fingerprint density at radius 1 is 1.11 bits per heavy atom. The fourth-order valence-corrected chi connectivity index (χ4v) is 3.75. The normalized spacial score (nSPS) is 12.1. The number of carbonyl (C=O) groups excluding carboxylic acids is 1. The molecule has 0 radical (unpaired) electrons. The van der Waals surface area contributed by atoms with Gasteiger partial charge in [-0.15, -0.1) is 0 Å². The van der Waals surface area contributed by atoms with Gasteiger partial charge < -0.3 is 9.15 Å². The molecule has 1 aromatic heterocycles. The summed E-state index contributed by atoms with van der Waals surface area (Å²) in [6.07, 6.45) is 0. The molecule has 140 valence electrons. The van der Waals surface area contributed by atoms with Gasteiger partial charge in [-0.1, -0.05) is 19.1 Å². The zero-order valence-corrected chi connectivity index (χ0v) is 16.2. The van der Waals surface area contributed by atoms with Gasteiger partial charge >= 0.3 is 11.6 Å². The molecule has 0 unspecified atom stereocenters. The standard InChI is InChI=1S/C21H20O5S/c1-4-27(24)19-8-6-5-7-16(19)21(23)25-12-15-11-20(22)26-18-10-14(3)13(2)9-17(15)18/h5-11H,4,12H2,1-3H3/t27-/m0/s1. The minimum atomic E-state index is -1.27. The maximum Gasteiger partial charge on any atom is 0.339 e. The van der Waals surface area contributed by atoms with Crippen LogP contribution < -0.4 is 5.63 Å². The zero-order chi connectivity index (χ0) is 19.6. The molecule has 0 saturated heterocycles. The van der Waals surface area contributed by atoms with E-state index < -0.39 is 22.4 Å². The van der Waals surface area contributed by atoms with Crippen molar-refractivity contribution < 1.29 is 18.2 Å². The minimum absolute atomic E-state index is 0.0729. The van der Waals surface area contributed by atoms with Crippen molar-refractivity contribution in [2.24, 2.45) is 0 Å². The van der Waals surface area contributed by atoms with Gasteiger partial charge in [0, 0.05) is 22.8 Å².